The van der Waals surface area contributed by atoms with Crippen molar-refractivity contribution in [1.29, 1.82) is 0 Å². The molecule has 146 valence electrons. The van der Waals surface area contributed by atoms with E-state index in [-0.39, 0.29) is 18.2 Å². The molecular weight excluding hydrogens is 366 g/mol. The fourth-order valence-corrected chi connectivity index (χ4v) is 3.31. The molecule has 6 heteroatoms. The summed E-state index contributed by atoms with van der Waals surface area (Å²) in [7, 11) is 0. The number of hydrogen-bond donors (Lipinski definition) is 1. The first-order chi connectivity index (χ1) is 14.1. The number of rotatable bonds is 5. The maximum atomic E-state index is 13.0. The highest BCUT2D eigenvalue weighted by Gasteiger charge is 2.28. The Labute approximate surface area is 168 Å². The molecule has 2 amide bonds. The SMILES string of the molecule is Cc1cccc(N2N=C(C(=O)NC(c3ccccc3)c3ccco3)CCC2=O)c1. The van der Waals surface area contributed by atoms with Gasteiger partial charge in [0.1, 0.15) is 17.5 Å². The van der Waals surface area contributed by atoms with E-state index in [1.54, 1.807) is 12.3 Å². The highest BCUT2D eigenvalue weighted by molar-refractivity contribution is 6.40. The van der Waals surface area contributed by atoms with E-state index in [2.05, 4.69) is 10.4 Å². The standard InChI is InChI=1S/C23H21N3O3/c1-16-7-5-10-18(15-16)26-21(27)13-12-19(25-26)23(28)24-22(20-11-6-14-29-20)17-8-3-2-4-9-17/h2-11,14-15,22H,12-13H2,1H3,(H,24,28). The van der Waals surface area contributed by atoms with Crippen molar-refractivity contribution in [3.8, 4) is 0 Å². The summed E-state index contributed by atoms with van der Waals surface area (Å²) in [4.78, 5) is 25.4. The number of aryl methyl sites for hydroxylation is 1. The van der Waals surface area contributed by atoms with Gasteiger partial charge in [-0.3, -0.25) is 9.59 Å². The Bertz CT molecular complexity index is 1040. The van der Waals surface area contributed by atoms with Crippen LogP contribution in [0.4, 0.5) is 5.69 Å². The summed E-state index contributed by atoms with van der Waals surface area (Å²) in [5, 5.41) is 8.68. The van der Waals surface area contributed by atoms with Crippen molar-refractivity contribution in [3.63, 3.8) is 0 Å². The lowest BCUT2D eigenvalue weighted by Gasteiger charge is -2.24. The minimum Gasteiger partial charge on any atom is -0.467 e. The van der Waals surface area contributed by atoms with Gasteiger partial charge in [0.2, 0.25) is 5.91 Å². The molecule has 0 spiro atoms. The van der Waals surface area contributed by atoms with E-state index in [9.17, 15) is 9.59 Å². The Kier molecular flexibility index (Phi) is 5.24. The van der Waals surface area contributed by atoms with Crippen LogP contribution in [-0.4, -0.2) is 17.5 Å². The second-order valence-corrected chi connectivity index (χ2v) is 6.92. The molecule has 2 aromatic carbocycles. The summed E-state index contributed by atoms with van der Waals surface area (Å²) in [6, 6.07) is 20.3. The molecule has 3 aromatic rings. The third-order valence-electron chi connectivity index (χ3n) is 4.78. The van der Waals surface area contributed by atoms with Crippen LogP contribution >= 0.6 is 0 Å². The van der Waals surface area contributed by atoms with Gasteiger partial charge < -0.3 is 9.73 Å². The summed E-state index contributed by atoms with van der Waals surface area (Å²) in [5.74, 6) is 0.186. The molecule has 1 aromatic heterocycles. The molecule has 0 fully saturated rings. The molecule has 0 radical (unpaired) electrons. The molecule has 2 heterocycles. The highest BCUT2D eigenvalue weighted by atomic mass is 16.3. The Hall–Kier alpha value is -3.67. The lowest BCUT2D eigenvalue weighted by Crippen LogP contribution is -2.40. The molecule has 0 saturated carbocycles. The minimum absolute atomic E-state index is 0.127. The smallest absolute Gasteiger partial charge is 0.268 e. The van der Waals surface area contributed by atoms with Crippen LogP contribution in [0.5, 0.6) is 0 Å². The van der Waals surface area contributed by atoms with Gasteiger partial charge in [-0.1, -0.05) is 42.5 Å². The Balaban J connectivity index is 1.61. The number of carbonyl (C=O) groups excluding carboxylic acids is 2. The number of furan rings is 1. The van der Waals surface area contributed by atoms with Gasteiger partial charge in [0.05, 0.1) is 12.0 Å². The fourth-order valence-electron chi connectivity index (χ4n) is 3.31. The number of benzene rings is 2. The molecule has 4 rings (SSSR count). The highest BCUT2D eigenvalue weighted by Crippen LogP contribution is 2.24. The van der Waals surface area contributed by atoms with Crippen LogP contribution < -0.4 is 10.3 Å². The third-order valence-corrected chi connectivity index (χ3v) is 4.78. The number of carbonyl (C=O) groups is 2. The largest absolute Gasteiger partial charge is 0.467 e. The lowest BCUT2D eigenvalue weighted by molar-refractivity contribution is -0.119. The predicted octanol–water partition coefficient (Wildman–Crippen LogP) is 3.98. The maximum absolute atomic E-state index is 13.0. The fraction of sp³-hybridized carbons (Fsp3) is 0.174. The Morgan fingerprint density at radius 2 is 1.90 bits per heavy atom. The first-order valence-corrected chi connectivity index (χ1v) is 9.48. The van der Waals surface area contributed by atoms with Gasteiger partial charge in [-0.25, -0.2) is 5.01 Å². The normalized spacial score (nSPS) is 15.0. The van der Waals surface area contributed by atoms with Crippen LogP contribution in [0.1, 0.15) is 35.8 Å². The Morgan fingerprint density at radius 1 is 1.07 bits per heavy atom. The van der Waals surface area contributed by atoms with Crippen molar-refractivity contribution < 1.29 is 14.0 Å². The Morgan fingerprint density at radius 3 is 2.62 bits per heavy atom. The van der Waals surface area contributed by atoms with Crippen LogP contribution in [0.15, 0.2) is 82.5 Å². The molecule has 1 unspecified atom stereocenters. The van der Waals surface area contributed by atoms with Crippen LogP contribution in [-0.2, 0) is 9.59 Å². The van der Waals surface area contributed by atoms with Crippen molar-refractivity contribution in [2.24, 2.45) is 5.10 Å². The van der Waals surface area contributed by atoms with E-state index in [1.165, 1.54) is 5.01 Å². The van der Waals surface area contributed by atoms with Gasteiger partial charge >= 0.3 is 0 Å². The molecule has 29 heavy (non-hydrogen) atoms. The summed E-state index contributed by atoms with van der Waals surface area (Å²) < 4.78 is 5.54. The molecule has 0 bridgehead atoms. The van der Waals surface area contributed by atoms with Crippen molar-refractivity contribution in [2.45, 2.75) is 25.8 Å². The average molecular weight is 387 g/mol. The van der Waals surface area contributed by atoms with Gasteiger partial charge in [0.25, 0.3) is 5.91 Å². The number of hydrogen-bond acceptors (Lipinski definition) is 4. The first-order valence-electron chi connectivity index (χ1n) is 9.48. The second kappa shape index (κ2) is 8.14. The molecule has 1 aliphatic rings. The number of nitrogens with one attached hydrogen (secondary N) is 1. The van der Waals surface area contributed by atoms with Crippen LogP contribution in [0.2, 0.25) is 0 Å². The number of anilines is 1. The zero-order valence-electron chi connectivity index (χ0n) is 16.0. The molecule has 1 N–H and O–H groups in total. The third kappa shape index (κ3) is 4.11. The van der Waals surface area contributed by atoms with Crippen molar-refractivity contribution in [3.05, 3.63) is 89.9 Å². The van der Waals surface area contributed by atoms with Crippen LogP contribution in [0, 0.1) is 6.92 Å². The lowest BCUT2D eigenvalue weighted by atomic mass is 10.0. The zero-order chi connectivity index (χ0) is 20.2. The van der Waals surface area contributed by atoms with Gasteiger partial charge in [0.15, 0.2) is 0 Å². The number of nitrogens with zero attached hydrogens (tertiary/aromatic N) is 2. The van der Waals surface area contributed by atoms with Crippen molar-refractivity contribution >= 4 is 23.2 Å². The van der Waals surface area contributed by atoms with Crippen LogP contribution in [0.25, 0.3) is 0 Å². The van der Waals surface area contributed by atoms with Gasteiger partial charge in [0, 0.05) is 12.8 Å². The molecule has 1 atom stereocenters. The zero-order valence-corrected chi connectivity index (χ0v) is 16.0. The molecule has 0 aliphatic carbocycles. The predicted molar refractivity (Wildman–Crippen MR) is 110 cm³/mol. The summed E-state index contributed by atoms with van der Waals surface area (Å²) in [6.07, 6.45) is 2.11. The van der Waals surface area contributed by atoms with E-state index >= 15 is 0 Å². The summed E-state index contributed by atoms with van der Waals surface area (Å²) in [6.45, 7) is 1.95. The molecular formula is C23H21N3O3. The number of amides is 2. The monoisotopic (exact) mass is 387 g/mol. The van der Waals surface area contributed by atoms with E-state index < -0.39 is 6.04 Å². The topological polar surface area (TPSA) is 74.9 Å². The maximum Gasteiger partial charge on any atom is 0.268 e. The van der Waals surface area contributed by atoms with Gasteiger partial charge in [-0.15, -0.1) is 0 Å². The average Bonchev–Trinajstić information content (AvgIpc) is 3.27. The molecule has 0 saturated heterocycles. The van der Waals surface area contributed by atoms with E-state index in [0.29, 0.717) is 23.6 Å². The minimum atomic E-state index is -0.438. The van der Waals surface area contributed by atoms with Gasteiger partial charge in [-0.05, 0) is 42.3 Å². The number of hydrazone groups is 1. The van der Waals surface area contributed by atoms with Gasteiger partial charge in [-0.2, -0.15) is 5.10 Å². The second-order valence-electron chi connectivity index (χ2n) is 6.92. The molecule has 6 nitrogen and oxygen atoms in total. The summed E-state index contributed by atoms with van der Waals surface area (Å²) in [5.41, 5.74) is 2.90. The summed E-state index contributed by atoms with van der Waals surface area (Å²) >= 11 is 0. The van der Waals surface area contributed by atoms with Crippen molar-refractivity contribution in [1.82, 2.24) is 5.32 Å². The van der Waals surface area contributed by atoms with Crippen LogP contribution in [0.3, 0.4) is 0 Å². The quantitative estimate of drug-likeness (QED) is 0.720. The first kappa shape index (κ1) is 18.7. The molecule has 1 aliphatic heterocycles. The van der Waals surface area contributed by atoms with E-state index in [0.717, 1.165) is 11.1 Å². The van der Waals surface area contributed by atoms with Crippen molar-refractivity contribution in [2.75, 3.05) is 5.01 Å². The van der Waals surface area contributed by atoms with E-state index in [4.69, 9.17) is 4.42 Å². The van der Waals surface area contributed by atoms with E-state index in [1.807, 2.05) is 67.6 Å².